The quantitative estimate of drug-likeness (QED) is 0.802. The Hall–Kier alpha value is -1.62. The van der Waals surface area contributed by atoms with Crippen molar-refractivity contribution in [2.75, 3.05) is 0 Å². The lowest BCUT2D eigenvalue weighted by molar-refractivity contribution is 0.557. The van der Waals surface area contributed by atoms with Crippen molar-refractivity contribution >= 4 is 21.6 Å². The summed E-state index contributed by atoms with van der Waals surface area (Å²) in [7, 11) is -3.59. The predicted molar refractivity (Wildman–Crippen MR) is 90.5 cm³/mol. The fourth-order valence-corrected chi connectivity index (χ4v) is 3.45. The van der Waals surface area contributed by atoms with E-state index in [1.807, 2.05) is 19.1 Å². The number of halogens is 1. The third-order valence-electron chi connectivity index (χ3n) is 3.30. The van der Waals surface area contributed by atoms with Gasteiger partial charge in [-0.05, 0) is 43.2 Å². The second-order valence-corrected chi connectivity index (χ2v) is 7.21. The predicted octanol–water partition coefficient (Wildman–Crippen LogP) is 4.24. The topological polar surface area (TPSA) is 46.2 Å². The summed E-state index contributed by atoms with van der Waals surface area (Å²) >= 11 is 5.88. The Labute approximate surface area is 136 Å². The zero-order valence-corrected chi connectivity index (χ0v) is 13.9. The maximum Gasteiger partial charge on any atom is 0.241 e. The monoisotopic (exact) mass is 335 g/mol. The van der Waals surface area contributed by atoms with E-state index in [2.05, 4.69) is 11.3 Å². The molecule has 2 aromatic rings. The van der Waals surface area contributed by atoms with E-state index < -0.39 is 10.0 Å². The third-order valence-corrected chi connectivity index (χ3v) is 5.04. The molecule has 0 bridgehead atoms. The van der Waals surface area contributed by atoms with E-state index in [4.69, 9.17) is 11.6 Å². The van der Waals surface area contributed by atoms with E-state index in [0.717, 1.165) is 11.1 Å². The second-order valence-electron chi connectivity index (χ2n) is 5.06. The van der Waals surface area contributed by atoms with Gasteiger partial charge in [-0.15, -0.1) is 6.58 Å². The average molecular weight is 336 g/mol. The molecular weight excluding hydrogens is 318 g/mol. The normalized spacial score (nSPS) is 12.8. The SMILES string of the molecule is C=CCC(NS(=O)(=O)c1ccc(C)cc1)c1ccc(Cl)cc1. The first-order valence-corrected chi connectivity index (χ1v) is 8.74. The van der Waals surface area contributed by atoms with Crippen LogP contribution in [0.3, 0.4) is 0 Å². The lowest BCUT2D eigenvalue weighted by Gasteiger charge is -2.18. The molecule has 0 fully saturated rings. The van der Waals surface area contributed by atoms with Gasteiger partial charge >= 0.3 is 0 Å². The number of aryl methyl sites for hydroxylation is 1. The van der Waals surface area contributed by atoms with Crippen molar-refractivity contribution in [2.45, 2.75) is 24.3 Å². The summed E-state index contributed by atoms with van der Waals surface area (Å²) < 4.78 is 27.7. The number of benzene rings is 2. The van der Waals surface area contributed by atoms with Crippen molar-refractivity contribution in [3.63, 3.8) is 0 Å². The number of nitrogens with one attached hydrogen (secondary N) is 1. The molecule has 116 valence electrons. The van der Waals surface area contributed by atoms with Gasteiger partial charge in [0.15, 0.2) is 0 Å². The molecule has 2 aromatic carbocycles. The molecule has 0 heterocycles. The number of sulfonamides is 1. The van der Waals surface area contributed by atoms with Crippen LogP contribution in [-0.4, -0.2) is 8.42 Å². The van der Waals surface area contributed by atoms with Gasteiger partial charge in [-0.1, -0.05) is 47.5 Å². The Morgan fingerprint density at radius 2 is 1.73 bits per heavy atom. The van der Waals surface area contributed by atoms with Crippen LogP contribution < -0.4 is 4.72 Å². The van der Waals surface area contributed by atoms with Crippen LogP contribution in [0.1, 0.15) is 23.6 Å². The van der Waals surface area contributed by atoms with Gasteiger partial charge in [-0.25, -0.2) is 13.1 Å². The Kier molecular flexibility index (Phi) is 5.40. The molecule has 1 unspecified atom stereocenters. The molecule has 0 aromatic heterocycles. The minimum Gasteiger partial charge on any atom is -0.207 e. The van der Waals surface area contributed by atoms with Gasteiger partial charge in [0.2, 0.25) is 10.0 Å². The molecule has 0 aliphatic carbocycles. The number of hydrogen-bond donors (Lipinski definition) is 1. The summed E-state index contributed by atoms with van der Waals surface area (Å²) in [5, 5.41) is 0.613. The highest BCUT2D eigenvalue weighted by atomic mass is 35.5. The Morgan fingerprint density at radius 1 is 1.14 bits per heavy atom. The van der Waals surface area contributed by atoms with E-state index in [1.165, 1.54) is 0 Å². The molecule has 2 rings (SSSR count). The van der Waals surface area contributed by atoms with Crippen molar-refractivity contribution in [3.8, 4) is 0 Å². The van der Waals surface area contributed by atoms with Crippen LogP contribution in [0.4, 0.5) is 0 Å². The first-order valence-electron chi connectivity index (χ1n) is 6.88. The van der Waals surface area contributed by atoms with E-state index in [1.54, 1.807) is 42.5 Å². The van der Waals surface area contributed by atoms with Crippen LogP contribution in [0.2, 0.25) is 5.02 Å². The highest BCUT2D eigenvalue weighted by molar-refractivity contribution is 7.89. The van der Waals surface area contributed by atoms with Crippen LogP contribution in [0, 0.1) is 6.92 Å². The largest absolute Gasteiger partial charge is 0.241 e. The second kappa shape index (κ2) is 7.09. The molecule has 5 heteroatoms. The van der Waals surface area contributed by atoms with Gasteiger partial charge in [-0.3, -0.25) is 0 Å². The standard InChI is InChI=1S/C17H18ClNO2S/c1-3-4-17(14-7-9-15(18)10-8-14)19-22(20,21)16-11-5-13(2)6-12-16/h3,5-12,17,19H,1,4H2,2H3. The van der Waals surface area contributed by atoms with Gasteiger partial charge in [0.25, 0.3) is 0 Å². The van der Waals surface area contributed by atoms with Gasteiger partial charge in [-0.2, -0.15) is 0 Å². The average Bonchev–Trinajstić information content (AvgIpc) is 2.48. The summed E-state index contributed by atoms with van der Waals surface area (Å²) in [6, 6.07) is 13.5. The fourth-order valence-electron chi connectivity index (χ4n) is 2.09. The molecule has 0 amide bonds. The molecule has 0 saturated heterocycles. The highest BCUT2D eigenvalue weighted by Gasteiger charge is 2.20. The van der Waals surface area contributed by atoms with E-state index in [0.29, 0.717) is 11.4 Å². The van der Waals surface area contributed by atoms with Crippen LogP contribution in [0.15, 0.2) is 66.1 Å². The molecule has 0 saturated carbocycles. The number of rotatable bonds is 6. The lowest BCUT2D eigenvalue weighted by Crippen LogP contribution is -2.28. The summed E-state index contributed by atoms with van der Waals surface area (Å²) in [5.41, 5.74) is 1.86. The maximum absolute atomic E-state index is 12.5. The smallest absolute Gasteiger partial charge is 0.207 e. The highest BCUT2D eigenvalue weighted by Crippen LogP contribution is 2.22. The van der Waals surface area contributed by atoms with Crippen LogP contribution in [0.5, 0.6) is 0 Å². The molecule has 0 aliphatic rings. The molecule has 0 aliphatic heterocycles. The molecule has 22 heavy (non-hydrogen) atoms. The minimum absolute atomic E-state index is 0.251. The van der Waals surface area contributed by atoms with Crippen LogP contribution in [-0.2, 0) is 10.0 Å². The van der Waals surface area contributed by atoms with Crippen molar-refractivity contribution in [1.29, 1.82) is 0 Å². The minimum atomic E-state index is -3.59. The summed E-state index contributed by atoms with van der Waals surface area (Å²) in [4.78, 5) is 0.251. The van der Waals surface area contributed by atoms with Gasteiger partial charge < -0.3 is 0 Å². The molecule has 1 atom stereocenters. The lowest BCUT2D eigenvalue weighted by atomic mass is 10.1. The first-order chi connectivity index (χ1) is 10.4. The zero-order valence-electron chi connectivity index (χ0n) is 12.3. The van der Waals surface area contributed by atoms with Gasteiger partial charge in [0.05, 0.1) is 10.9 Å². The molecule has 0 spiro atoms. The molecule has 3 nitrogen and oxygen atoms in total. The maximum atomic E-state index is 12.5. The van der Waals surface area contributed by atoms with Crippen molar-refractivity contribution in [2.24, 2.45) is 0 Å². The van der Waals surface area contributed by atoms with Crippen molar-refractivity contribution < 1.29 is 8.42 Å². The summed E-state index contributed by atoms with van der Waals surface area (Å²) in [6.45, 7) is 5.61. The summed E-state index contributed by atoms with van der Waals surface area (Å²) in [5.74, 6) is 0. The fraction of sp³-hybridized carbons (Fsp3) is 0.176. The van der Waals surface area contributed by atoms with Gasteiger partial charge in [0, 0.05) is 5.02 Å². The summed E-state index contributed by atoms with van der Waals surface area (Å²) in [6.07, 6.45) is 2.18. The van der Waals surface area contributed by atoms with Crippen molar-refractivity contribution in [1.82, 2.24) is 4.72 Å². The molecular formula is C17H18ClNO2S. The van der Waals surface area contributed by atoms with E-state index >= 15 is 0 Å². The Balaban J connectivity index is 2.28. The first kappa shape index (κ1) is 16.7. The number of hydrogen-bond acceptors (Lipinski definition) is 2. The van der Waals surface area contributed by atoms with Gasteiger partial charge in [0.1, 0.15) is 0 Å². The van der Waals surface area contributed by atoms with E-state index in [-0.39, 0.29) is 10.9 Å². The third kappa shape index (κ3) is 4.19. The molecule has 1 N–H and O–H groups in total. The van der Waals surface area contributed by atoms with Crippen LogP contribution >= 0.6 is 11.6 Å². The zero-order chi connectivity index (χ0) is 16.2. The van der Waals surface area contributed by atoms with Crippen LogP contribution in [0.25, 0.3) is 0 Å². The molecule has 0 radical (unpaired) electrons. The Morgan fingerprint density at radius 3 is 2.27 bits per heavy atom. The van der Waals surface area contributed by atoms with E-state index in [9.17, 15) is 8.42 Å². The van der Waals surface area contributed by atoms with Crippen molar-refractivity contribution in [3.05, 3.63) is 77.3 Å². The Bertz CT molecular complexity index is 737.